The summed E-state index contributed by atoms with van der Waals surface area (Å²) < 4.78 is 1.97. The fourth-order valence-corrected chi connectivity index (χ4v) is 2.83. The molecular formula is C15H13BrINO. The van der Waals surface area contributed by atoms with Crippen molar-refractivity contribution in [2.24, 2.45) is 0 Å². The first-order valence-electron chi connectivity index (χ1n) is 5.89. The second-order valence-corrected chi connectivity index (χ2v) is 6.31. The van der Waals surface area contributed by atoms with Gasteiger partial charge < -0.3 is 5.32 Å². The standard InChI is InChI=1S/C15H13BrINO/c1-10(11-5-4-6-12(16)9-11)18-15(19)13-7-2-3-8-14(13)17/h2-10H,1H3,(H,18,19). The van der Waals surface area contributed by atoms with Crippen molar-refractivity contribution in [2.75, 3.05) is 0 Å². The van der Waals surface area contributed by atoms with Crippen molar-refractivity contribution in [2.45, 2.75) is 13.0 Å². The Morgan fingerprint density at radius 3 is 2.63 bits per heavy atom. The molecule has 1 N–H and O–H groups in total. The summed E-state index contributed by atoms with van der Waals surface area (Å²) in [4.78, 5) is 12.2. The Morgan fingerprint density at radius 2 is 1.95 bits per heavy atom. The summed E-state index contributed by atoms with van der Waals surface area (Å²) in [6.45, 7) is 1.98. The van der Waals surface area contributed by atoms with Crippen LogP contribution in [0.4, 0.5) is 0 Å². The van der Waals surface area contributed by atoms with Crippen LogP contribution in [0, 0.1) is 3.57 Å². The van der Waals surface area contributed by atoms with E-state index in [0.29, 0.717) is 5.56 Å². The van der Waals surface area contributed by atoms with E-state index >= 15 is 0 Å². The topological polar surface area (TPSA) is 29.1 Å². The van der Waals surface area contributed by atoms with Crippen molar-refractivity contribution in [3.63, 3.8) is 0 Å². The molecule has 2 aromatic carbocycles. The van der Waals surface area contributed by atoms with E-state index in [1.54, 1.807) is 0 Å². The van der Waals surface area contributed by atoms with Gasteiger partial charge in [0.2, 0.25) is 0 Å². The molecule has 2 nitrogen and oxygen atoms in total. The monoisotopic (exact) mass is 429 g/mol. The maximum atomic E-state index is 12.2. The lowest BCUT2D eigenvalue weighted by Crippen LogP contribution is -2.27. The van der Waals surface area contributed by atoms with E-state index in [1.807, 2.05) is 55.5 Å². The van der Waals surface area contributed by atoms with E-state index in [9.17, 15) is 4.79 Å². The molecule has 19 heavy (non-hydrogen) atoms. The highest BCUT2D eigenvalue weighted by molar-refractivity contribution is 14.1. The van der Waals surface area contributed by atoms with Gasteiger partial charge in [-0.25, -0.2) is 0 Å². The largest absolute Gasteiger partial charge is 0.345 e. The van der Waals surface area contributed by atoms with Gasteiger partial charge in [0.15, 0.2) is 0 Å². The SMILES string of the molecule is CC(NC(=O)c1ccccc1I)c1cccc(Br)c1. The molecule has 0 aliphatic rings. The number of nitrogens with one attached hydrogen (secondary N) is 1. The highest BCUT2D eigenvalue weighted by atomic mass is 127. The third-order valence-corrected chi connectivity index (χ3v) is 4.25. The van der Waals surface area contributed by atoms with Gasteiger partial charge in [-0.1, -0.05) is 40.2 Å². The lowest BCUT2D eigenvalue weighted by atomic mass is 10.1. The zero-order chi connectivity index (χ0) is 13.8. The molecular weight excluding hydrogens is 417 g/mol. The second-order valence-electron chi connectivity index (χ2n) is 4.23. The van der Waals surface area contributed by atoms with E-state index in [0.717, 1.165) is 13.6 Å². The average molecular weight is 430 g/mol. The van der Waals surface area contributed by atoms with E-state index < -0.39 is 0 Å². The number of hydrogen-bond acceptors (Lipinski definition) is 1. The van der Waals surface area contributed by atoms with E-state index in [1.165, 1.54) is 0 Å². The number of carbonyl (C=O) groups excluding carboxylic acids is 1. The summed E-state index contributed by atoms with van der Waals surface area (Å²) in [5.74, 6) is -0.0440. The summed E-state index contributed by atoms with van der Waals surface area (Å²) in [6.07, 6.45) is 0. The minimum atomic E-state index is -0.0440. The Hall–Kier alpha value is -0.880. The molecule has 98 valence electrons. The Morgan fingerprint density at radius 1 is 1.21 bits per heavy atom. The van der Waals surface area contributed by atoms with Gasteiger partial charge in [-0.05, 0) is 59.3 Å². The molecule has 0 saturated carbocycles. The molecule has 0 aromatic heterocycles. The van der Waals surface area contributed by atoms with Gasteiger partial charge in [0.05, 0.1) is 11.6 Å². The molecule has 0 aliphatic carbocycles. The third kappa shape index (κ3) is 3.79. The Kier molecular flexibility index (Phi) is 4.99. The highest BCUT2D eigenvalue weighted by Crippen LogP contribution is 2.19. The molecule has 4 heteroatoms. The van der Waals surface area contributed by atoms with E-state index in [-0.39, 0.29) is 11.9 Å². The zero-order valence-corrected chi connectivity index (χ0v) is 14.1. The molecule has 0 saturated heterocycles. The van der Waals surface area contributed by atoms with Gasteiger partial charge in [-0.3, -0.25) is 4.79 Å². The van der Waals surface area contributed by atoms with Crippen LogP contribution in [0.5, 0.6) is 0 Å². The van der Waals surface area contributed by atoms with Gasteiger partial charge in [0.1, 0.15) is 0 Å². The van der Waals surface area contributed by atoms with E-state index in [2.05, 4.69) is 43.8 Å². The highest BCUT2D eigenvalue weighted by Gasteiger charge is 2.13. The molecule has 0 spiro atoms. The lowest BCUT2D eigenvalue weighted by Gasteiger charge is -2.15. The molecule has 1 atom stereocenters. The van der Waals surface area contributed by atoms with Crippen LogP contribution in [-0.4, -0.2) is 5.91 Å². The Bertz CT molecular complexity index is 600. The zero-order valence-electron chi connectivity index (χ0n) is 10.4. The number of carbonyl (C=O) groups is 1. The maximum Gasteiger partial charge on any atom is 0.252 e. The van der Waals surface area contributed by atoms with Gasteiger partial charge in [0, 0.05) is 8.04 Å². The van der Waals surface area contributed by atoms with Crippen molar-refractivity contribution in [3.05, 3.63) is 67.7 Å². The maximum absolute atomic E-state index is 12.2. The van der Waals surface area contributed by atoms with Gasteiger partial charge in [-0.2, -0.15) is 0 Å². The van der Waals surface area contributed by atoms with Crippen LogP contribution in [-0.2, 0) is 0 Å². The molecule has 0 radical (unpaired) electrons. The fraction of sp³-hybridized carbons (Fsp3) is 0.133. The fourth-order valence-electron chi connectivity index (χ4n) is 1.78. The van der Waals surface area contributed by atoms with E-state index in [4.69, 9.17) is 0 Å². The first-order valence-corrected chi connectivity index (χ1v) is 7.76. The van der Waals surface area contributed by atoms with Crippen molar-refractivity contribution in [3.8, 4) is 0 Å². The summed E-state index contributed by atoms with van der Waals surface area (Å²) >= 11 is 5.61. The van der Waals surface area contributed by atoms with Crippen LogP contribution < -0.4 is 5.32 Å². The van der Waals surface area contributed by atoms with Gasteiger partial charge in [0.25, 0.3) is 5.91 Å². The number of benzene rings is 2. The Labute approximate surface area is 134 Å². The molecule has 0 fully saturated rings. The third-order valence-electron chi connectivity index (χ3n) is 2.81. The van der Waals surface area contributed by atoms with Gasteiger partial charge >= 0.3 is 0 Å². The van der Waals surface area contributed by atoms with Crippen LogP contribution in [0.15, 0.2) is 53.0 Å². The van der Waals surface area contributed by atoms with Crippen LogP contribution in [0.2, 0.25) is 0 Å². The molecule has 1 amide bonds. The molecule has 2 rings (SSSR count). The number of halogens is 2. The smallest absolute Gasteiger partial charge is 0.252 e. The van der Waals surface area contributed by atoms with Crippen molar-refractivity contribution in [1.29, 1.82) is 0 Å². The summed E-state index contributed by atoms with van der Waals surface area (Å²) in [6, 6.07) is 15.5. The first-order chi connectivity index (χ1) is 9.08. The number of rotatable bonds is 3. The van der Waals surface area contributed by atoms with Crippen molar-refractivity contribution >= 4 is 44.4 Å². The first kappa shape index (κ1) is 14.5. The second kappa shape index (κ2) is 6.52. The summed E-state index contributed by atoms with van der Waals surface area (Å²) in [5.41, 5.74) is 1.79. The van der Waals surface area contributed by atoms with Crippen LogP contribution >= 0.6 is 38.5 Å². The molecule has 0 aliphatic heterocycles. The van der Waals surface area contributed by atoms with Crippen LogP contribution in [0.25, 0.3) is 0 Å². The number of hydrogen-bond donors (Lipinski definition) is 1. The predicted molar refractivity (Wildman–Crippen MR) is 89.2 cm³/mol. The molecule has 0 bridgehead atoms. The molecule has 2 aromatic rings. The van der Waals surface area contributed by atoms with Crippen molar-refractivity contribution in [1.82, 2.24) is 5.32 Å². The van der Waals surface area contributed by atoms with Crippen LogP contribution in [0.1, 0.15) is 28.9 Å². The van der Waals surface area contributed by atoms with Gasteiger partial charge in [-0.15, -0.1) is 0 Å². The summed E-state index contributed by atoms with van der Waals surface area (Å²) in [7, 11) is 0. The lowest BCUT2D eigenvalue weighted by molar-refractivity contribution is 0.0939. The minimum absolute atomic E-state index is 0.0268. The Balaban J connectivity index is 2.13. The predicted octanol–water partition coefficient (Wildman–Crippen LogP) is 4.54. The number of amides is 1. The molecule has 1 unspecified atom stereocenters. The van der Waals surface area contributed by atoms with Crippen LogP contribution in [0.3, 0.4) is 0 Å². The average Bonchev–Trinajstić information content (AvgIpc) is 2.39. The molecule has 0 heterocycles. The summed E-state index contributed by atoms with van der Waals surface area (Å²) in [5, 5.41) is 3.02. The quantitative estimate of drug-likeness (QED) is 0.712. The van der Waals surface area contributed by atoms with Crippen molar-refractivity contribution < 1.29 is 4.79 Å². The minimum Gasteiger partial charge on any atom is -0.345 e. The normalized spacial score (nSPS) is 11.9.